The smallest absolute Gasteiger partial charge is 0.142 e. The van der Waals surface area contributed by atoms with Crippen molar-refractivity contribution in [1.82, 2.24) is 0 Å². The van der Waals surface area contributed by atoms with Gasteiger partial charge >= 0.3 is 0 Å². The minimum Gasteiger partial charge on any atom is -0.505 e. The SMILES string of the molecule is CCC(CC)Nc1ccc2c(c1O)CCCC2. The lowest BCUT2D eigenvalue weighted by Gasteiger charge is -2.22. The van der Waals surface area contributed by atoms with E-state index in [4.69, 9.17) is 0 Å². The van der Waals surface area contributed by atoms with E-state index in [0.717, 1.165) is 31.4 Å². The Bertz CT molecular complexity index is 383. The average Bonchev–Trinajstić information content (AvgIpc) is 2.38. The van der Waals surface area contributed by atoms with E-state index >= 15 is 0 Å². The van der Waals surface area contributed by atoms with E-state index in [2.05, 4.69) is 25.2 Å². The first kappa shape index (κ1) is 12.3. The molecule has 0 aromatic heterocycles. The highest BCUT2D eigenvalue weighted by atomic mass is 16.3. The number of aryl methyl sites for hydroxylation is 1. The van der Waals surface area contributed by atoms with E-state index in [9.17, 15) is 5.11 Å². The van der Waals surface area contributed by atoms with Crippen molar-refractivity contribution in [3.05, 3.63) is 23.3 Å². The molecule has 1 aliphatic carbocycles. The number of aromatic hydroxyl groups is 1. The largest absolute Gasteiger partial charge is 0.505 e. The maximum Gasteiger partial charge on any atom is 0.142 e. The fourth-order valence-corrected chi connectivity index (χ4v) is 2.64. The predicted molar refractivity (Wildman–Crippen MR) is 72.7 cm³/mol. The number of phenolic OH excluding ortho intramolecular Hbond substituents is 1. The Hall–Kier alpha value is -1.18. The maximum atomic E-state index is 10.3. The van der Waals surface area contributed by atoms with E-state index in [1.807, 2.05) is 6.07 Å². The summed E-state index contributed by atoms with van der Waals surface area (Å²) in [6.45, 7) is 4.35. The van der Waals surface area contributed by atoms with Crippen LogP contribution in [0.25, 0.3) is 0 Å². The van der Waals surface area contributed by atoms with Crippen LogP contribution in [0.4, 0.5) is 5.69 Å². The fourth-order valence-electron chi connectivity index (χ4n) is 2.64. The van der Waals surface area contributed by atoms with Crippen molar-refractivity contribution >= 4 is 5.69 Å². The van der Waals surface area contributed by atoms with Crippen LogP contribution in [0.15, 0.2) is 12.1 Å². The van der Waals surface area contributed by atoms with Gasteiger partial charge in [-0.25, -0.2) is 0 Å². The molecule has 0 fully saturated rings. The maximum absolute atomic E-state index is 10.3. The summed E-state index contributed by atoms with van der Waals surface area (Å²) in [5.74, 6) is 0.495. The summed E-state index contributed by atoms with van der Waals surface area (Å²) in [5.41, 5.74) is 3.43. The summed E-state index contributed by atoms with van der Waals surface area (Å²) in [4.78, 5) is 0. The van der Waals surface area contributed by atoms with Gasteiger partial charge in [0, 0.05) is 6.04 Å². The molecule has 0 aliphatic heterocycles. The molecule has 0 bridgehead atoms. The van der Waals surface area contributed by atoms with Gasteiger partial charge in [-0.1, -0.05) is 19.9 Å². The topological polar surface area (TPSA) is 32.3 Å². The lowest BCUT2D eigenvalue weighted by atomic mass is 9.90. The Morgan fingerprint density at radius 2 is 1.88 bits per heavy atom. The summed E-state index contributed by atoms with van der Waals surface area (Å²) in [6, 6.07) is 4.68. The van der Waals surface area contributed by atoms with Gasteiger partial charge in [-0.15, -0.1) is 0 Å². The summed E-state index contributed by atoms with van der Waals surface area (Å²) >= 11 is 0. The molecule has 0 saturated heterocycles. The van der Waals surface area contributed by atoms with Gasteiger partial charge in [0.1, 0.15) is 5.75 Å². The number of benzene rings is 1. The van der Waals surface area contributed by atoms with E-state index in [1.54, 1.807) is 0 Å². The summed E-state index contributed by atoms with van der Waals surface area (Å²) in [6.07, 6.45) is 6.79. The van der Waals surface area contributed by atoms with Gasteiger partial charge in [-0.3, -0.25) is 0 Å². The van der Waals surface area contributed by atoms with Crippen LogP contribution in [0, 0.1) is 0 Å². The van der Waals surface area contributed by atoms with Crippen molar-refractivity contribution in [2.75, 3.05) is 5.32 Å². The normalized spacial score (nSPS) is 14.8. The zero-order valence-electron chi connectivity index (χ0n) is 10.9. The molecule has 17 heavy (non-hydrogen) atoms. The highest BCUT2D eigenvalue weighted by Crippen LogP contribution is 2.35. The molecule has 0 spiro atoms. The minimum absolute atomic E-state index is 0.461. The van der Waals surface area contributed by atoms with Crippen molar-refractivity contribution in [2.24, 2.45) is 0 Å². The second-order valence-electron chi connectivity index (χ2n) is 4.96. The van der Waals surface area contributed by atoms with Gasteiger partial charge in [0.15, 0.2) is 0 Å². The molecule has 94 valence electrons. The number of phenols is 1. The minimum atomic E-state index is 0.461. The quantitative estimate of drug-likeness (QED) is 0.774. The molecule has 2 nitrogen and oxygen atoms in total. The second-order valence-corrected chi connectivity index (χ2v) is 4.96. The Kier molecular flexibility index (Phi) is 3.93. The van der Waals surface area contributed by atoms with Gasteiger partial charge < -0.3 is 10.4 Å². The molecule has 0 saturated carbocycles. The number of nitrogens with one attached hydrogen (secondary N) is 1. The number of rotatable bonds is 4. The molecular weight excluding hydrogens is 210 g/mol. The van der Waals surface area contributed by atoms with Crippen molar-refractivity contribution < 1.29 is 5.11 Å². The standard InChI is InChI=1S/C15H23NO/c1-3-12(4-2)16-14-10-9-11-7-5-6-8-13(11)15(14)17/h9-10,12,16-17H,3-8H2,1-2H3. The van der Waals surface area contributed by atoms with Gasteiger partial charge in [0.2, 0.25) is 0 Å². The number of hydrogen-bond donors (Lipinski definition) is 2. The molecule has 0 amide bonds. The van der Waals surface area contributed by atoms with E-state index in [1.165, 1.54) is 24.0 Å². The van der Waals surface area contributed by atoms with Crippen molar-refractivity contribution in [2.45, 2.75) is 58.4 Å². The molecule has 1 aromatic carbocycles. The van der Waals surface area contributed by atoms with Crippen molar-refractivity contribution in [3.63, 3.8) is 0 Å². The first-order valence-corrected chi connectivity index (χ1v) is 6.86. The van der Waals surface area contributed by atoms with Crippen LogP contribution in [0.1, 0.15) is 50.7 Å². The van der Waals surface area contributed by atoms with Gasteiger partial charge in [-0.05, 0) is 55.7 Å². The van der Waals surface area contributed by atoms with Crippen LogP contribution in [-0.4, -0.2) is 11.1 Å². The van der Waals surface area contributed by atoms with Crippen LogP contribution in [-0.2, 0) is 12.8 Å². The molecule has 0 atom stereocenters. The summed E-state index contributed by atoms with van der Waals surface area (Å²) < 4.78 is 0. The molecule has 0 heterocycles. The molecular formula is C15H23NO. The lowest BCUT2D eigenvalue weighted by molar-refractivity contribution is 0.462. The van der Waals surface area contributed by atoms with Crippen molar-refractivity contribution in [3.8, 4) is 5.75 Å². The van der Waals surface area contributed by atoms with E-state index < -0.39 is 0 Å². The Morgan fingerprint density at radius 3 is 2.59 bits per heavy atom. The van der Waals surface area contributed by atoms with Crippen LogP contribution >= 0.6 is 0 Å². The first-order valence-electron chi connectivity index (χ1n) is 6.86. The first-order chi connectivity index (χ1) is 8.26. The third kappa shape index (κ3) is 2.56. The van der Waals surface area contributed by atoms with Crippen LogP contribution < -0.4 is 5.32 Å². The van der Waals surface area contributed by atoms with Crippen LogP contribution in [0.3, 0.4) is 0 Å². The van der Waals surface area contributed by atoms with Crippen LogP contribution in [0.5, 0.6) is 5.75 Å². The van der Waals surface area contributed by atoms with Gasteiger partial charge in [0.25, 0.3) is 0 Å². The zero-order valence-corrected chi connectivity index (χ0v) is 10.9. The molecule has 1 aliphatic rings. The highest BCUT2D eigenvalue weighted by molar-refractivity contribution is 5.62. The number of hydrogen-bond acceptors (Lipinski definition) is 2. The number of anilines is 1. The summed E-state index contributed by atoms with van der Waals surface area (Å²) in [7, 11) is 0. The fraction of sp³-hybridized carbons (Fsp3) is 0.600. The predicted octanol–water partition coefficient (Wildman–Crippen LogP) is 3.87. The molecule has 2 heteroatoms. The Labute approximate surface area is 104 Å². The van der Waals surface area contributed by atoms with E-state index in [-0.39, 0.29) is 0 Å². The van der Waals surface area contributed by atoms with Crippen molar-refractivity contribution in [1.29, 1.82) is 0 Å². The lowest BCUT2D eigenvalue weighted by Crippen LogP contribution is -2.17. The Morgan fingerprint density at radius 1 is 1.18 bits per heavy atom. The molecule has 2 rings (SSSR count). The molecule has 0 unspecified atom stereocenters. The van der Waals surface area contributed by atoms with Gasteiger partial charge in [-0.2, -0.15) is 0 Å². The monoisotopic (exact) mass is 233 g/mol. The summed E-state index contributed by atoms with van der Waals surface area (Å²) in [5, 5.41) is 13.8. The van der Waals surface area contributed by atoms with Crippen LogP contribution in [0.2, 0.25) is 0 Å². The Balaban J connectivity index is 2.23. The third-order valence-corrected chi connectivity index (χ3v) is 3.85. The second kappa shape index (κ2) is 5.44. The highest BCUT2D eigenvalue weighted by Gasteiger charge is 2.16. The average molecular weight is 233 g/mol. The zero-order chi connectivity index (χ0) is 12.3. The molecule has 1 aromatic rings. The number of fused-ring (bicyclic) bond motifs is 1. The third-order valence-electron chi connectivity index (χ3n) is 3.85. The van der Waals surface area contributed by atoms with E-state index in [0.29, 0.717) is 11.8 Å². The molecule has 0 radical (unpaired) electrons. The van der Waals surface area contributed by atoms with Gasteiger partial charge in [0.05, 0.1) is 5.69 Å². The molecule has 2 N–H and O–H groups in total.